The fourth-order valence-electron chi connectivity index (χ4n) is 1.85. The molecule has 1 heterocycles. The number of rotatable bonds is 3. The lowest BCUT2D eigenvalue weighted by Crippen LogP contribution is -2.26. The van der Waals surface area contributed by atoms with Crippen LogP contribution < -0.4 is 9.46 Å². The van der Waals surface area contributed by atoms with Crippen molar-refractivity contribution in [2.75, 3.05) is 17.6 Å². The summed E-state index contributed by atoms with van der Waals surface area (Å²) in [6.45, 7) is 0.00276. The van der Waals surface area contributed by atoms with Gasteiger partial charge < -0.3 is 9.84 Å². The van der Waals surface area contributed by atoms with Gasteiger partial charge in [0.25, 0.3) is 0 Å². The first-order valence-electron chi connectivity index (χ1n) is 5.36. The smallest absolute Gasteiger partial charge is 0.229 e. The van der Waals surface area contributed by atoms with Crippen LogP contribution in [-0.2, 0) is 16.4 Å². The van der Waals surface area contributed by atoms with Crippen molar-refractivity contribution in [1.29, 1.82) is 0 Å². The van der Waals surface area contributed by atoms with Gasteiger partial charge in [0, 0.05) is 5.69 Å². The first-order valence-corrected chi connectivity index (χ1v) is 7.25. The van der Waals surface area contributed by atoms with Crippen molar-refractivity contribution in [2.45, 2.75) is 18.9 Å². The Morgan fingerprint density at radius 3 is 2.94 bits per heavy atom. The van der Waals surface area contributed by atoms with Crippen LogP contribution in [0.25, 0.3) is 0 Å². The number of benzene rings is 1. The fourth-order valence-corrected chi connectivity index (χ4v) is 2.41. The average molecular weight is 257 g/mol. The van der Waals surface area contributed by atoms with Crippen molar-refractivity contribution in [3.05, 3.63) is 23.8 Å². The van der Waals surface area contributed by atoms with Crippen molar-refractivity contribution in [1.82, 2.24) is 0 Å². The molecule has 5 nitrogen and oxygen atoms in total. The summed E-state index contributed by atoms with van der Waals surface area (Å²) in [7, 11) is -3.25. The summed E-state index contributed by atoms with van der Waals surface area (Å²) in [5.41, 5.74) is 1.50. The van der Waals surface area contributed by atoms with Crippen LogP contribution in [0.2, 0.25) is 0 Å². The van der Waals surface area contributed by atoms with Crippen molar-refractivity contribution in [2.24, 2.45) is 0 Å². The van der Waals surface area contributed by atoms with Crippen molar-refractivity contribution >= 4 is 15.7 Å². The maximum absolute atomic E-state index is 11.1. The molecule has 1 unspecified atom stereocenters. The highest BCUT2D eigenvalue weighted by molar-refractivity contribution is 7.92. The number of anilines is 1. The van der Waals surface area contributed by atoms with E-state index >= 15 is 0 Å². The van der Waals surface area contributed by atoms with E-state index in [0.717, 1.165) is 24.7 Å². The predicted octanol–water partition coefficient (Wildman–Crippen LogP) is 0.744. The van der Waals surface area contributed by atoms with Crippen LogP contribution >= 0.6 is 0 Å². The van der Waals surface area contributed by atoms with Crippen LogP contribution in [-0.4, -0.2) is 32.5 Å². The zero-order chi connectivity index (χ0) is 12.5. The van der Waals surface area contributed by atoms with Gasteiger partial charge in [-0.15, -0.1) is 0 Å². The third-order valence-electron chi connectivity index (χ3n) is 2.60. The summed E-state index contributed by atoms with van der Waals surface area (Å²) < 4.78 is 30.1. The number of fused-ring (bicyclic) bond motifs is 1. The molecule has 0 radical (unpaired) electrons. The lowest BCUT2D eigenvalue weighted by Gasteiger charge is -2.25. The Bertz CT molecular complexity index is 512. The molecule has 1 aliphatic rings. The molecular formula is C11H15NO4S. The molecule has 2 rings (SSSR count). The summed E-state index contributed by atoms with van der Waals surface area (Å²) in [5, 5.41) is 9.01. The second kappa shape index (κ2) is 4.54. The monoisotopic (exact) mass is 257 g/mol. The molecule has 0 saturated carbocycles. The van der Waals surface area contributed by atoms with E-state index in [-0.39, 0.29) is 12.7 Å². The summed E-state index contributed by atoms with van der Waals surface area (Å²) in [4.78, 5) is 0. The summed E-state index contributed by atoms with van der Waals surface area (Å²) >= 11 is 0. The molecule has 1 aromatic carbocycles. The fraction of sp³-hybridized carbons (Fsp3) is 0.455. The maximum atomic E-state index is 11.1. The molecule has 1 aliphatic heterocycles. The number of hydrogen-bond acceptors (Lipinski definition) is 4. The number of nitrogens with one attached hydrogen (secondary N) is 1. The molecule has 1 aromatic rings. The second-order valence-corrected chi connectivity index (χ2v) is 5.91. The maximum Gasteiger partial charge on any atom is 0.229 e. The normalized spacial score (nSPS) is 19.3. The number of sulfonamides is 1. The van der Waals surface area contributed by atoms with Crippen molar-refractivity contribution in [3.63, 3.8) is 0 Å². The molecule has 0 aliphatic carbocycles. The summed E-state index contributed by atoms with van der Waals surface area (Å²) in [5.74, 6) is 0.717. The molecule has 0 amide bonds. The van der Waals surface area contributed by atoms with E-state index in [1.807, 2.05) is 0 Å². The molecule has 0 fully saturated rings. The van der Waals surface area contributed by atoms with E-state index < -0.39 is 10.0 Å². The highest BCUT2D eigenvalue weighted by Gasteiger charge is 2.19. The summed E-state index contributed by atoms with van der Waals surface area (Å²) in [6, 6.07) is 5.15. The zero-order valence-corrected chi connectivity index (χ0v) is 10.3. The Balaban J connectivity index is 2.21. The Morgan fingerprint density at radius 1 is 1.53 bits per heavy atom. The van der Waals surface area contributed by atoms with Gasteiger partial charge in [0.1, 0.15) is 11.9 Å². The molecule has 17 heavy (non-hydrogen) atoms. The third-order valence-corrected chi connectivity index (χ3v) is 3.20. The second-order valence-electron chi connectivity index (χ2n) is 4.16. The molecule has 6 heteroatoms. The molecule has 2 N–H and O–H groups in total. The van der Waals surface area contributed by atoms with Gasteiger partial charge in [0.2, 0.25) is 10.0 Å². The van der Waals surface area contributed by atoms with Crippen LogP contribution in [0.1, 0.15) is 12.0 Å². The first-order chi connectivity index (χ1) is 7.98. The standard InChI is InChI=1S/C11H15NO4S/c1-17(14,15)12-9-3-5-11-8(6-9)2-4-10(7-13)16-11/h3,5-6,10,12-13H,2,4,7H2,1H3. The Hall–Kier alpha value is -1.27. The zero-order valence-electron chi connectivity index (χ0n) is 9.51. The lowest BCUT2D eigenvalue weighted by atomic mass is 10.0. The van der Waals surface area contributed by atoms with Gasteiger partial charge >= 0.3 is 0 Å². The van der Waals surface area contributed by atoms with E-state index in [4.69, 9.17) is 9.84 Å². The van der Waals surface area contributed by atoms with Gasteiger partial charge in [-0.2, -0.15) is 0 Å². The minimum absolute atomic E-state index is 0.00276. The van der Waals surface area contributed by atoms with E-state index in [1.54, 1.807) is 18.2 Å². The number of aliphatic hydroxyl groups is 1. The van der Waals surface area contributed by atoms with E-state index in [0.29, 0.717) is 11.4 Å². The minimum Gasteiger partial charge on any atom is -0.488 e. The lowest BCUT2D eigenvalue weighted by molar-refractivity contribution is 0.0978. The number of aliphatic hydroxyl groups excluding tert-OH is 1. The Labute approximate surface area is 100 Å². The predicted molar refractivity (Wildman–Crippen MR) is 64.7 cm³/mol. The van der Waals surface area contributed by atoms with Gasteiger partial charge in [-0.3, -0.25) is 4.72 Å². The van der Waals surface area contributed by atoms with E-state index in [9.17, 15) is 8.42 Å². The minimum atomic E-state index is -3.25. The topological polar surface area (TPSA) is 75.6 Å². The van der Waals surface area contributed by atoms with Crippen LogP contribution in [0.5, 0.6) is 5.75 Å². The first kappa shape index (κ1) is 12.2. The van der Waals surface area contributed by atoms with Crippen LogP contribution in [0.4, 0.5) is 5.69 Å². The SMILES string of the molecule is CS(=O)(=O)Nc1ccc2c(c1)CCC(CO)O2. The highest BCUT2D eigenvalue weighted by Crippen LogP contribution is 2.30. The average Bonchev–Trinajstić information content (AvgIpc) is 2.26. The Morgan fingerprint density at radius 2 is 2.29 bits per heavy atom. The van der Waals surface area contributed by atoms with Gasteiger partial charge in [-0.25, -0.2) is 8.42 Å². The molecule has 94 valence electrons. The van der Waals surface area contributed by atoms with Crippen LogP contribution in [0.3, 0.4) is 0 Å². The number of aryl methyl sites for hydroxylation is 1. The third kappa shape index (κ3) is 3.10. The van der Waals surface area contributed by atoms with Gasteiger partial charge in [0.15, 0.2) is 0 Å². The Kier molecular flexibility index (Phi) is 3.26. The van der Waals surface area contributed by atoms with Crippen LogP contribution in [0, 0.1) is 0 Å². The molecule has 1 atom stereocenters. The van der Waals surface area contributed by atoms with Gasteiger partial charge in [-0.1, -0.05) is 0 Å². The van der Waals surface area contributed by atoms with Gasteiger partial charge in [-0.05, 0) is 36.6 Å². The number of ether oxygens (including phenoxy) is 1. The van der Waals surface area contributed by atoms with Crippen LogP contribution in [0.15, 0.2) is 18.2 Å². The molecule has 0 spiro atoms. The molecule has 0 bridgehead atoms. The van der Waals surface area contributed by atoms with Crippen molar-refractivity contribution in [3.8, 4) is 5.75 Å². The summed E-state index contributed by atoms with van der Waals surface area (Å²) in [6.07, 6.45) is 2.48. The van der Waals surface area contributed by atoms with E-state index in [1.165, 1.54) is 0 Å². The van der Waals surface area contributed by atoms with E-state index in [2.05, 4.69) is 4.72 Å². The quantitative estimate of drug-likeness (QED) is 0.837. The molecular weight excluding hydrogens is 242 g/mol. The molecule has 0 saturated heterocycles. The highest BCUT2D eigenvalue weighted by atomic mass is 32.2. The largest absolute Gasteiger partial charge is 0.488 e. The molecule has 0 aromatic heterocycles. The number of hydrogen-bond donors (Lipinski definition) is 2. The van der Waals surface area contributed by atoms with Gasteiger partial charge in [0.05, 0.1) is 12.9 Å². The van der Waals surface area contributed by atoms with Crippen molar-refractivity contribution < 1.29 is 18.3 Å².